The molecule has 0 saturated heterocycles. The van der Waals surface area contributed by atoms with Gasteiger partial charge in [-0.15, -0.1) is 10.2 Å². The number of hydrogen-bond acceptors (Lipinski definition) is 9. The van der Waals surface area contributed by atoms with Gasteiger partial charge in [0.2, 0.25) is 0 Å². The molecule has 3 aromatic carbocycles. The summed E-state index contributed by atoms with van der Waals surface area (Å²) >= 11 is 1.27. The van der Waals surface area contributed by atoms with Gasteiger partial charge in [0, 0.05) is 25.1 Å². The Bertz CT molecular complexity index is 1650. The lowest BCUT2D eigenvalue weighted by Crippen LogP contribution is -2.28. The van der Waals surface area contributed by atoms with Crippen LogP contribution in [0.4, 0.5) is 0 Å². The summed E-state index contributed by atoms with van der Waals surface area (Å²) in [5.41, 5.74) is 4.34. The molecular formula is C32H34N6O5S. The molecular weight excluding hydrogens is 580 g/mol. The molecule has 0 radical (unpaired) electrons. The number of thioether (sulfide) groups is 1. The van der Waals surface area contributed by atoms with Crippen LogP contribution >= 0.6 is 11.8 Å². The summed E-state index contributed by atoms with van der Waals surface area (Å²) in [4.78, 5) is 26.4. The van der Waals surface area contributed by atoms with E-state index in [1.165, 1.54) is 26.0 Å². The van der Waals surface area contributed by atoms with Crippen molar-refractivity contribution in [2.45, 2.75) is 31.1 Å². The second-order valence-corrected chi connectivity index (χ2v) is 11.1. The molecule has 0 saturated carbocycles. The Labute approximate surface area is 260 Å². The standard InChI is InChI=1S/C32H34N6O5S/c1-20-6-8-22(9-7-20)28-17-27(21-10-12-24(41-3)13-11-21)36-38(28)30(39)19-44-32-35-34-29(37(32)2)18-33-31(40)23-14-25(42-4)16-26(15-23)43-5/h6-16,28H,17-19H2,1-5H3,(H,33,40). The fourth-order valence-corrected chi connectivity index (χ4v) is 5.55. The number of carbonyl (C=O) groups excluding carboxylic acids is 2. The molecule has 11 nitrogen and oxygen atoms in total. The number of aryl methyl sites for hydroxylation is 1. The number of methoxy groups -OCH3 is 3. The van der Waals surface area contributed by atoms with Crippen molar-refractivity contribution >= 4 is 29.3 Å². The number of rotatable bonds is 11. The average molecular weight is 615 g/mol. The fraction of sp³-hybridized carbons (Fsp3) is 0.281. The maximum atomic E-state index is 13.6. The van der Waals surface area contributed by atoms with Crippen molar-refractivity contribution in [3.05, 3.63) is 94.8 Å². The molecule has 1 atom stereocenters. The zero-order valence-corrected chi connectivity index (χ0v) is 26.1. The SMILES string of the molecule is COc1ccc(C2=NN(C(=O)CSc3nnc(CNC(=O)c4cc(OC)cc(OC)c4)n3C)C(c3ccc(C)cc3)C2)cc1. The fourth-order valence-electron chi connectivity index (χ4n) is 4.76. The minimum absolute atomic E-state index is 0.115. The van der Waals surface area contributed by atoms with E-state index in [0.29, 0.717) is 34.5 Å². The third kappa shape index (κ3) is 6.86. The number of benzene rings is 3. The van der Waals surface area contributed by atoms with Crippen LogP contribution in [0.15, 0.2) is 77.0 Å². The molecule has 44 heavy (non-hydrogen) atoms. The van der Waals surface area contributed by atoms with Gasteiger partial charge in [0.05, 0.1) is 45.4 Å². The van der Waals surface area contributed by atoms with Gasteiger partial charge in [0.1, 0.15) is 17.2 Å². The zero-order chi connectivity index (χ0) is 31.2. The van der Waals surface area contributed by atoms with Crippen molar-refractivity contribution in [1.29, 1.82) is 0 Å². The van der Waals surface area contributed by atoms with Gasteiger partial charge in [0.15, 0.2) is 11.0 Å². The molecule has 228 valence electrons. The lowest BCUT2D eigenvalue weighted by Gasteiger charge is -2.22. The quantitative estimate of drug-likeness (QED) is 0.245. The molecule has 0 fully saturated rings. The maximum absolute atomic E-state index is 13.6. The van der Waals surface area contributed by atoms with E-state index in [-0.39, 0.29) is 30.2 Å². The molecule has 1 unspecified atom stereocenters. The number of carbonyl (C=O) groups is 2. The Morgan fingerprint density at radius 3 is 2.20 bits per heavy atom. The summed E-state index contributed by atoms with van der Waals surface area (Å²) in [6, 6.07) is 20.6. The number of nitrogens with one attached hydrogen (secondary N) is 1. The highest BCUT2D eigenvalue weighted by Gasteiger charge is 2.33. The average Bonchev–Trinajstić information content (AvgIpc) is 3.66. The van der Waals surface area contributed by atoms with E-state index < -0.39 is 0 Å². The second kappa shape index (κ2) is 13.6. The van der Waals surface area contributed by atoms with Crippen molar-refractivity contribution in [1.82, 2.24) is 25.1 Å². The first-order valence-corrected chi connectivity index (χ1v) is 14.9. The van der Waals surface area contributed by atoms with Crippen LogP contribution < -0.4 is 19.5 Å². The summed E-state index contributed by atoms with van der Waals surface area (Å²) in [6.07, 6.45) is 0.596. The molecule has 12 heteroatoms. The van der Waals surface area contributed by atoms with E-state index in [1.54, 1.807) is 41.9 Å². The van der Waals surface area contributed by atoms with Crippen molar-refractivity contribution in [3.8, 4) is 17.2 Å². The summed E-state index contributed by atoms with van der Waals surface area (Å²) in [6.45, 7) is 2.18. The largest absolute Gasteiger partial charge is 0.497 e. The van der Waals surface area contributed by atoms with E-state index in [0.717, 1.165) is 28.2 Å². The number of hydrogen-bond donors (Lipinski definition) is 1. The first kappa shape index (κ1) is 30.6. The number of ether oxygens (including phenoxy) is 3. The topological polar surface area (TPSA) is 120 Å². The molecule has 2 amide bonds. The molecule has 1 aliphatic rings. The number of hydrazone groups is 1. The maximum Gasteiger partial charge on any atom is 0.253 e. The van der Waals surface area contributed by atoms with Gasteiger partial charge >= 0.3 is 0 Å². The van der Waals surface area contributed by atoms with Crippen molar-refractivity contribution in [2.24, 2.45) is 12.1 Å². The van der Waals surface area contributed by atoms with Crippen molar-refractivity contribution in [2.75, 3.05) is 27.1 Å². The van der Waals surface area contributed by atoms with Gasteiger partial charge in [-0.3, -0.25) is 9.59 Å². The van der Waals surface area contributed by atoms with Crippen LogP contribution in [0.25, 0.3) is 0 Å². The van der Waals surface area contributed by atoms with Gasteiger partial charge in [-0.1, -0.05) is 41.6 Å². The Morgan fingerprint density at radius 1 is 0.909 bits per heavy atom. The van der Waals surface area contributed by atoms with E-state index in [1.807, 2.05) is 55.5 Å². The van der Waals surface area contributed by atoms with Crippen molar-refractivity contribution in [3.63, 3.8) is 0 Å². The molecule has 1 aromatic heterocycles. The Hall–Kier alpha value is -4.84. The number of nitrogens with zero attached hydrogens (tertiary/aromatic N) is 5. The zero-order valence-electron chi connectivity index (χ0n) is 25.2. The Morgan fingerprint density at radius 2 is 1.57 bits per heavy atom. The van der Waals surface area contributed by atoms with Crippen molar-refractivity contribution < 1.29 is 23.8 Å². The monoisotopic (exact) mass is 614 g/mol. The summed E-state index contributed by atoms with van der Waals surface area (Å²) in [5, 5.41) is 18.2. The molecule has 1 N–H and O–H groups in total. The predicted molar refractivity (Wildman–Crippen MR) is 167 cm³/mol. The van der Waals surface area contributed by atoms with Gasteiger partial charge in [-0.2, -0.15) is 5.10 Å². The molecule has 1 aliphatic heterocycles. The highest BCUT2D eigenvalue weighted by atomic mass is 32.2. The molecule has 0 spiro atoms. The van der Waals surface area contributed by atoms with E-state index in [9.17, 15) is 9.59 Å². The van der Waals surface area contributed by atoms with Crippen LogP contribution in [-0.4, -0.2) is 64.4 Å². The molecule has 0 bridgehead atoms. The summed E-state index contributed by atoms with van der Waals surface area (Å²) in [7, 11) is 6.48. The first-order valence-electron chi connectivity index (χ1n) is 13.9. The molecule has 5 rings (SSSR count). The molecule has 2 heterocycles. The van der Waals surface area contributed by atoms with Crippen LogP contribution in [0.1, 0.15) is 45.3 Å². The lowest BCUT2D eigenvalue weighted by atomic mass is 9.97. The summed E-state index contributed by atoms with van der Waals surface area (Å²) in [5.74, 6) is 1.99. The molecule has 0 aliphatic carbocycles. The van der Waals surface area contributed by atoms with Gasteiger partial charge in [-0.05, 0) is 54.4 Å². The van der Waals surface area contributed by atoms with Gasteiger partial charge < -0.3 is 24.1 Å². The van der Waals surface area contributed by atoms with Crippen LogP contribution in [0.3, 0.4) is 0 Å². The van der Waals surface area contributed by atoms with Gasteiger partial charge in [-0.25, -0.2) is 5.01 Å². The third-order valence-corrected chi connectivity index (χ3v) is 8.33. The van der Waals surface area contributed by atoms with Crippen LogP contribution in [0.2, 0.25) is 0 Å². The predicted octanol–water partition coefficient (Wildman–Crippen LogP) is 4.55. The second-order valence-electron chi connectivity index (χ2n) is 10.2. The van der Waals surface area contributed by atoms with E-state index >= 15 is 0 Å². The Balaban J connectivity index is 1.26. The summed E-state index contributed by atoms with van der Waals surface area (Å²) < 4.78 is 17.6. The van der Waals surface area contributed by atoms with Crippen LogP contribution in [-0.2, 0) is 18.4 Å². The third-order valence-electron chi connectivity index (χ3n) is 7.32. The Kier molecular flexibility index (Phi) is 9.49. The van der Waals surface area contributed by atoms with E-state index in [4.69, 9.17) is 19.3 Å². The van der Waals surface area contributed by atoms with Crippen LogP contribution in [0, 0.1) is 6.92 Å². The minimum atomic E-state index is -0.309. The highest BCUT2D eigenvalue weighted by molar-refractivity contribution is 7.99. The molecule has 4 aromatic rings. The number of aromatic nitrogens is 3. The number of amides is 2. The van der Waals surface area contributed by atoms with Gasteiger partial charge in [0.25, 0.3) is 11.8 Å². The van der Waals surface area contributed by atoms with E-state index in [2.05, 4.69) is 15.5 Å². The lowest BCUT2D eigenvalue weighted by molar-refractivity contribution is -0.130. The normalized spacial score (nSPS) is 14.2. The minimum Gasteiger partial charge on any atom is -0.497 e. The highest BCUT2D eigenvalue weighted by Crippen LogP contribution is 2.34. The first-order chi connectivity index (χ1) is 21.3. The smallest absolute Gasteiger partial charge is 0.253 e. The van der Waals surface area contributed by atoms with Crippen LogP contribution in [0.5, 0.6) is 17.2 Å².